The van der Waals surface area contributed by atoms with Crippen LogP contribution in [0, 0.1) is 16.0 Å². The van der Waals surface area contributed by atoms with Crippen LogP contribution in [0.3, 0.4) is 0 Å². The summed E-state index contributed by atoms with van der Waals surface area (Å²) >= 11 is 1.24. The van der Waals surface area contributed by atoms with Crippen LogP contribution in [0.15, 0.2) is 65.7 Å². The van der Waals surface area contributed by atoms with Crippen molar-refractivity contribution in [2.45, 2.75) is 50.5 Å². The summed E-state index contributed by atoms with van der Waals surface area (Å²) in [6.07, 6.45) is -0.282. The Balaban J connectivity index is 1.22. The lowest BCUT2D eigenvalue weighted by Gasteiger charge is -2.47. The third-order valence-electron chi connectivity index (χ3n) is 7.16. The molecule has 0 saturated carbocycles. The number of amides is 2. The third kappa shape index (κ3) is 5.89. The van der Waals surface area contributed by atoms with Gasteiger partial charge in [0.25, 0.3) is 5.69 Å². The van der Waals surface area contributed by atoms with Crippen LogP contribution in [-0.2, 0) is 41.8 Å². The van der Waals surface area contributed by atoms with Gasteiger partial charge in [0.2, 0.25) is 5.91 Å². The monoisotopic (exact) mass is 581 g/mol. The number of non-ortho nitro benzene ring substituents is 1. The molecule has 3 heterocycles. The zero-order chi connectivity index (χ0) is 29.1. The van der Waals surface area contributed by atoms with E-state index in [9.17, 15) is 29.3 Å². The van der Waals surface area contributed by atoms with Crippen molar-refractivity contribution in [2.24, 2.45) is 5.92 Å². The molecule has 2 saturated heterocycles. The number of fused-ring (bicyclic) bond motifs is 1. The summed E-state index contributed by atoms with van der Waals surface area (Å²) in [5, 5.41) is 11.9. The molecule has 3 aliphatic rings. The Hall–Kier alpha value is -4.39. The molecule has 13 heteroatoms. The van der Waals surface area contributed by atoms with E-state index in [-0.39, 0.29) is 24.6 Å². The lowest BCUT2D eigenvalue weighted by molar-refractivity contribution is -0.384. The van der Waals surface area contributed by atoms with E-state index in [0.29, 0.717) is 24.9 Å². The molecule has 5 rings (SSSR count). The Morgan fingerprint density at radius 1 is 1.05 bits per heavy atom. The number of nitro benzene ring substituents is 1. The van der Waals surface area contributed by atoms with E-state index < -0.39 is 52.3 Å². The number of nitro groups is 1. The van der Waals surface area contributed by atoms with Crippen molar-refractivity contribution in [2.75, 3.05) is 6.54 Å². The van der Waals surface area contributed by atoms with Crippen LogP contribution >= 0.6 is 11.8 Å². The molecule has 0 spiro atoms. The van der Waals surface area contributed by atoms with Crippen LogP contribution in [0.25, 0.3) is 0 Å². The molecule has 4 atom stereocenters. The predicted molar refractivity (Wildman–Crippen MR) is 145 cm³/mol. The van der Waals surface area contributed by atoms with Gasteiger partial charge in [-0.3, -0.25) is 24.6 Å². The van der Waals surface area contributed by atoms with Crippen molar-refractivity contribution in [3.63, 3.8) is 0 Å². The molecule has 0 aromatic heterocycles. The maximum atomic E-state index is 13.4. The van der Waals surface area contributed by atoms with Gasteiger partial charge in [0, 0.05) is 31.0 Å². The summed E-state index contributed by atoms with van der Waals surface area (Å²) in [4.78, 5) is 64.4. The molecule has 3 aliphatic heterocycles. The number of ether oxygens (including phenoxy) is 3. The Bertz CT molecular complexity index is 1380. The van der Waals surface area contributed by atoms with Gasteiger partial charge in [0.15, 0.2) is 0 Å². The van der Waals surface area contributed by atoms with Gasteiger partial charge in [-0.15, -0.1) is 11.8 Å². The number of thioether (sulfide) groups is 1. The minimum Gasteiger partial charge on any atom is -0.459 e. The summed E-state index contributed by atoms with van der Waals surface area (Å²) in [5.74, 6) is -2.48. The average molecular weight is 582 g/mol. The zero-order valence-corrected chi connectivity index (χ0v) is 22.9. The summed E-state index contributed by atoms with van der Waals surface area (Å²) in [5.41, 5.74) is 1.37. The number of esters is 2. The van der Waals surface area contributed by atoms with Gasteiger partial charge in [0.05, 0.1) is 11.0 Å². The van der Waals surface area contributed by atoms with E-state index in [2.05, 4.69) is 0 Å². The van der Waals surface area contributed by atoms with Gasteiger partial charge < -0.3 is 19.1 Å². The lowest BCUT2D eigenvalue weighted by Crippen LogP contribution is -2.65. The maximum absolute atomic E-state index is 13.4. The lowest BCUT2D eigenvalue weighted by atomic mass is 9.86. The fraction of sp³-hybridized carbons (Fsp3) is 0.357. The maximum Gasteiger partial charge on any atom is 0.410 e. The number of carbonyl (C=O) groups excluding carboxylic acids is 4. The first-order chi connectivity index (χ1) is 19.7. The molecule has 2 aromatic rings. The molecule has 2 aromatic carbocycles. The highest BCUT2D eigenvalue weighted by molar-refractivity contribution is 8.03. The first kappa shape index (κ1) is 28.1. The first-order valence-corrected chi connectivity index (χ1v) is 13.9. The van der Waals surface area contributed by atoms with Gasteiger partial charge in [-0.25, -0.2) is 9.59 Å². The fourth-order valence-electron chi connectivity index (χ4n) is 5.21. The van der Waals surface area contributed by atoms with E-state index in [0.717, 1.165) is 5.56 Å². The molecule has 0 aliphatic carbocycles. The first-order valence-electron chi connectivity index (χ1n) is 13.0. The molecule has 41 heavy (non-hydrogen) atoms. The number of hydrogen-bond donors (Lipinski definition) is 0. The highest BCUT2D eigenvalue weighted by atomic mass is 32.2. The second-order valence-corrected chi connectivity index (χ2v) is 10.8. The quantitative estimate of drug-likeness (QED) is 0.141. The fourth-order valence-corrected chi connectivity index (χ4v) is 6.47. The van der Waals surface area contributed by atoms with E-state index in [1.54, 1.807) is 0 Å². The van der Waals surface area contributed by atoms with Gasteiger partial charge in [0.1, 0.15) is 36.3 Å². The molecule has 2 fully saturated rings. The molecular formula is C28H27N3O9S. The van der Waals surface area contributed by atoms with Crippen LogP contribution < -0.4 is 0 Å². The van der Waals surface area contributed by atoms with Gasteiger partial charge >= 0.3 is 18.0 Å². The van der Waals surface area contributed by atoms with Crippen molar-refractivity contribution in [3.05, 3.63) is 86.9 Å². The number of benzene rings is 2. The Kier molecular flexibility index (Phi) is 8.24. The largest absolute Gasteiger partial charge is 0.459 e. The van der Waals surface area contributed by atoms with E-state index in [1.807, 2.05) is 30.3 Å². The molecule has 4 unspecified atom stereocenters. The molecule has 12 nitrogen and oxygen atoms in total. The van der Waals surface area contributed by atoms with Crippen molar-refractivity contribution in [3.8, 4) is 0 Å². The number of hydrogen-bond acceptors (Lipinski definition) is 10. The molecule has 0 radical (unpaired) electrons. The molecular weight excluding hydrogens is 554 g/mol. The second kappa shape index (κ2) is 12.0. The summed E-state index contributed by atoms with van der Waals surface area (Å²) < 4.78 is 16.5. The van der Waals surface area contributed by atoms with Crippen molar-refractivity contribution < 1.29 is 38.3 Å². The van der Waals surface area contributed by atoms with E-state index >= 15 is 0 Å². The van der Waals surface area contributed by atoms with E-state index in [4.69, 9.17) is 14.2 Å². The highest BCUT2D eigenvalue weighted by Crippen LogP contribution is 2.48. The second-order valence-electron chi connectivity index (χ2n) is 9.78. The van der Waals surface area contributed by atoms with Crippen molar-refractivity contribution in [1.29, 1.82) is 0 Å². The van der Waals surface area contributed by atoms with Crippen LogP contribution in [0.1, 0.15) is 30.9 Å². The highest BCUT2D eigenvalue weighted by Gasteiger charge is 2.60. The number of rotatable bonds is 9. The minimum atomic E-state index is -0.913. The normalized spacial score (nSPS) is 21.8. The van der Waals surface area contributed by atoms with Gasteiger partial charge in [-0.2, -0.15) is 0 Å². The Labute approximate surface area is 239 Å². The third-order valence-corrected chi connectivity index (χ3v) is 8.31. The number of likely N-dealkylation sites (tertiary alicyclic amines) is 1. The number of β-lactam (4-membered cyclic amide) rings is 1. The van der Waals surface area contributed by atoms with Crippen LogP contribution in [0.4, 0.5) is 10.5 Å². The molecule has 214 valence electrons. The van der Waals surface area contributed by atoms with E-state index in [1.165, 1.54) is 58.2 Å². The van der Waals surface area contributed by atoms with Gasteiger partial charge in [-0.1, -0.05) is 30.3 Å². The van der Waals surface area contributed by atoms with Crippen LogP contribution in [-0.4, -0.2) is 62.7 Å². The topological polar surface area (TPSA) is 146 Å². The summed E-state index contributed by atoms with van der Waals surface area (Å²) in [7, 11) is 0. The van der Waals surface area contributed by atoms with Gasteiger partial charge in [-0.05, 0) is 36.1 Å². The predicted octanol–water partition coefficient (Wildman–Crippen LogP) is 3.74. The SMILES string of the molecule is CC(=O)OC(C1C(=O)N2C(C(=O)OCc3ccc([N+](=O)[O-])cc3)=CSC12)C1CCCN1C(=O)OCc1ccccc1. The average Bonchev–Trinajstić information content (AvgIpc) is 3.60. The summed E-state index contributed by atoms with van der Waals surface area (Å²) in [6.45, 7) is 1.61. The smallest absolute Gasteiger partial charge is 0.410 e. The zero-order valence-electron chi connectivity index (χ0n) is 22.0. The molecule has 0 bridgehead atoms. The van der Waals surface area contributed by atoms with Crippen LogP contribution in [0.2, 0.25) is 0 Å². The number of nitrogens with zero attached hydrogens (tertiary/aromatic N) is 3. The standard InChI is InChI=1S/C28H27N3O9S/c1-17(32)40-24(21-8-5-13-29(21)28(35)39-15-18-6-3-2-4-7-18)23-25(33)30-22(16-41-26(23)30)27(34)38-14-19-9-11-20(12-10-19)31(36)37/h2-4,6-7,9-12,16,21,23-24,26H,5,8,13-15H2,1H3. The molecule has 0 N–H and O–H groups in total. The minimum absolute atomic E-state index is 0.0651. The van der Waals surface area contributed by atoms with Crippen molar-refractivity contribution in [1.82, 2.24) is 9.80 Å². The Morgan fingerprint density at radius 3 is 2.41 bits per heavy atom. The summed E-state index contributed by atoms with van der Waals surface area (Å²) in [6, 6.07) is 14.3. The number of carbonyl (C=O) groups is 4. The molecule has 2 amide bonds. The van der Waals surface area contributed by atoms with Crippen molar-refractivity contribution >= 4 is 41.4 Å². The van der Waals surface area contributed by atoms with Crippen LogP contribution in [0.5, 0.6) is 0 Å². The Morgan fingerprint density at radius 2 is 1.73 bits per heavy atom.